The van der Waals surface area contributed by atoms with Gasteiger partial charge < -0.3 is 34.3 Å². The summed E-state index contributed by atoms with van der Waals surface area (Å²) in [5.41, 5.74) is 0. The zero-order chi connectivity index (χ0) is 41.1. The molecule has 322 valence electrons. The van der Waals surface area contributed by atoms with Gasteiger partial charge in [0.2, 0.25) is 0 Å². The van der Waals surface area contributed by atoms with Crippen molar-refractivity contribution in [3.05, 3.63) is 72.9 Å². The first-order valence-corrected chi connectivity index (χ1v) is 22.1. The third-order valence-electron chi connectivity index (χ3n) is 8.83. The average molecular weight is 813 g/mol. The fraction of sp³-hybridized carbons (Fsp3) is 0.698. The third-order valence-corrected chi connectivity index (χ3v) is 9.30. The molecular weight excluding hydrogens is 741 g/mol. The maximum absolute atomic E-state index is 12.8. The predicted octanol–water partition coefficient (Wildman–Crippen LogP) is 7.96. The van der Waals surface area contributed by atoms with Gasteiger partial charge in [0.15, 0.2) is 6.29 Å². The Bertz CT molecular complexity index is 1260. The summed E-state index contributed by atoms with van der Waals surface area (Å²) in [5.74, 6) is -0.438. The predicted molar refractivity (Wildman–Crippen MR) is 220 cm³/mol. The summed E-state index contributed by atoms with van der Waals surface area (Å²) < 4.78 is 58.7. The van der Waals surface area contributed by atoms with Crippen LogP contribution in [0.3, 0.4) is 0 Å². The van der Waals surface area contributed by atoms with Crippen molar-refractivity contribution >= 4 is 16.4 Å². The van der Waals surface area contributed by atoms with Gasteiger partial charge in [0.1, 0.15) is 30.5 Å². The summed E-state index contributed by atoms with van der Waals surface area (Å²) in [5, 5.41) is 30.6. The number of rotatable bonds is 34. The molecule has 1 aliphatic heterocycles. The smallest absolute Gasteiger partial charge is 0.397 e. The maximum atomic E-state index is 12.8. The Hall–Kier alpha value is -2.46. The number of ether oxygens (including phenoxy) is 4. The van der Waals surface area contributed by atoms with E-state index in [1.54, 1.807) is 0 Å². The van der Waals surface area contributed by atoms with Crippen LogP contribution in [0.15, 0.2) is 72.9 Å². The molecule has 1 rings (SSSR count). The first-order valence-electron chi connectivity index (χ1n) is 20.7. The molecule has 0 aliphatic carbocycles. The molecule has 1 fully saturated rings. The van der Waals surface area contributed by atoms with Gasteiger partial charge in [0.05, 0.1) is 26.4 Å². The fourth-order valence-electron chi connectivity index (χ4n) is 5.73. The van der Waals surface area contributed by atoms with Gasteiger partial charge in [-0.15, -0.1) is 0 Å². The topological polar surface area (TPSA) is 178 Å². The molecule has 0 aromatic carbocycles. The Labute approximate surface area is 337 Å². The van der Waals surface area contributed by atoms with Crippen molar-refractivity contribution in [3.63, 3.8) is 0 Å². The lowest BCUT2D eigenvalue weighted by Crippen LogP contribution is -2.60. The van der Waals surface area contributed by atoms with Crippen LogP contribution in [0.2, 0.25) is 0 Å². The highest BCUT2D eigenvalue weighted by atomic mass is 32.3. The van der Waals surface area contributed by atoms with Crippen molar-refractivity contribution in [3.8, 4) is 0 Å². The minimum atomic E-state index is -5.07. The van der Waals surface area contributed by atoms with Gasteiger partial charge in [-0.25, -0.2) is 4.18 Å². The first kappa shape index (κ1) is 51.6. The lowest BCUT2D eigenvalue weighted by molar-refractivity contribution is -0.301. The van der Waals surface area contributed by atoms with Gasteiger partial charge in [0, 0.05) is 6.42 Å². The van der Waals surface area contributed by atoms with Crippen LogP contribution < -0.4 is 0 Å². The zero-order valence-electron chi connectivity index (χ0n) is 33.9. The van der Waals surface area contributed by atoms with Crippen LogP contribution >= 0.6 is 0 Å². The number of allylic oxidation sites excluding steroid dienone is 11. The van der Waals surface area contributed by atoms with Crippen molar-refractivity contribution < 1.29 is 56.2 Å². The molecule has 1 saturated heterocycles. The first-order chi connectivity index (χ1) is 27.1. The van der Waals surface area contributed by atoms with E-state index in [1.165, 1.54) is 25.7 Å². The van der Waals surface area contributed by atoms with E-state index in [4.69, 9.17) is 23.5 Å². The van der Waals surface area contributed by atoms with Crippen LogP contribution in [-0.2, 0) is 38.3 Å². The minimum Gasteiger partial charge on any atom is -0.457 e. The largest absolute Gasteiger partial charge is 0.457 e. The van der Waals surface area contributed by atoms with Crippen LogP contribution in [0.5, 0.6) is 0 Å². The van der Waals surface area contributed by atoms with Crippen molar-refractivity contribution in [1.82, 2.24) is 0 Å². The number of aliphatic hydroxyl groups excluding tert-OH is 3. The standard InChI is InChI=1S/C43H72O12S/c1-3-5-7-9-11-13-15-17-18-19-21-23-25-27-29-31-33-51-35-37(36-52-43-41(47)42(55-56(48,49)50)40(46)38(34-44)54-43)53-39(45)32-30-28-26-24-22-20-16-14-12-10-8-6-4-2/h5,7,11,13-14,16-18,21,23,27,29,37-38,40-44,46-47H,3-4,6,8-10,12,15,19-20,22,24-26,28,30-36H2,1-2H3,(H,48,49,50)/b7-5-,13-11-,16-14-,18-17-,23-21-,29-27-. The highest BCUT2D eigenvalue weighted by Gasteiger charge is 2.48. The van der Waals surface area contributed by atoms with E-state index in [1.807, 2.05) is 12.2 Å². The van der Waals surface area contributed by atoms with Crippen molar-refractivity contribution in [2.45, 2.75) is 166 Å². The molecule has 4 N–H and O–H groups in total. The monoisotopic (exact) mass is 812 g/mol. The molecule has 6 unspecified atom stereocenters. The molecule has 0 amide bonds. The summed E-state index contributed by atoms with van der Waals surface area (Å²) in [6.07, 6.45) is 33.9. The number of carbonyl (C=O) groups excluding carboxylic acids is 1. The van der Waals surface area contributed by atoms with E-state index in [0.29, 0.717) is 19.4 Å². The number of esters is 1. The van der Waals surface area contributed by atoms with E-state index < -0.39 is 59.8 Å². The lowest BCUT2D eigenvalue weighted by atomic mass is 9.99. The molecule has 12 nitrogen and oxygen atoms in total. The SMILES string of the molecule is CC/C=C\C/C=C\C/C=C\C/C=C\C/C=C\CCOCC(COC1OC(CO)C(O)C(OS(=O)(=O)O)C1O)OC(=O)CCCCCCC/C=C\CCCCCC. The van der Waals surface area contributed by atoms with Crippen molar-refractivity contribution in [2.75, 3.05) is 26.4 Å². The quantitative estimate of drug-likeness (QED) is 0.0214. The number of carbonyl (C=O) groups is 1. The summed E-state index contributed by atoms with van der Waals surface area (Å²) in [7, 11) is -5.07. The Morgan fingerprint density at radius 1 is 0.696 bits per heavy atom. The van der Waals surface area contributed by atoms with E-state index in [0.717, 1.165) is 70.6 Å². The summed E-state index contributed by atoms with van der Waals surface area (Å²) in [6, 6.07) is 0. The molecule has 0 bridgehead atoms. The number of aliphatic hydroxyl groups is 3. The summed E-state index contributed by atoms with van der Waals surface area (Å²) >= 11 is 0. The van der Waals surface area contributed by atoms with Gasteiger partial charge in [-0.2, -0.15) is 8.42 Å². The Morgan fingerprint density at radius 3 is 1.80 bits per heavy atom. The van der Waals surface area contributed by atoms with Crippen LogP contribution in [0.1, 0.15) is 129 Å². The van der Waals surface area contributed by atoms with Crippen LogP contribution in [0.4, 0.5) is 0 Å². The van der Waals surface area contributed by atoms with E-state index in [-0.39, 0.29) is 19.6 Å². The molecule has 13 heteroatoms. The Balaban J connectivity index is 2.55. The third kappa shape index (κ3) is 28.0. The number of hydrogen-bond acceptors (Lipinski definition) is 11. The van der Waals surface area contributed by atoms with E-state index in [9.17, 15) is 28.5 Å². The van der Waals surface area contributed by atoms with Gasteiger partial charge in [0.25, 0.3) is 0 Å². The van der Waals surface area contributed by atoms with Gasteiger partial charge in [-0.3, -0.25) is 9.35 Å². The summed E-state index contributed by atoms with van der Waals surface area (Å²) in [6.45, 7) is 3.59. The number of unbranched alkanes of at least 4 members (excludes halogenated alkanes) is 9. The highest BCUT2D eigenvalue weighted by molar-refractivity contribution is 7.80. The second-order valence-corrected chi connectivity index (χ2v) is 14.9. The Kier molecular flexibility index (Phi) is 31.8. The van der Waals surface area contributed by atoms with Crippen molar-refractivity contribution in [2.24, 2.45) is 0 Å². The molecule has 6 atom stereocenters. The van der Waals surface area contributed by atoms with E-state index in [2.05, 4.69) is 78.8 Å². The molecule has 0 spiro atoms. The average Bonchev–Trinajstić information content (AvgIpc) is 3.17. The summed E-state index contributed by atoms with van der Waals surface area (Å²) in [4.78, 5) is 12.8. The molecule has 0 saturated carbocycles. The Morgan fingerprint density at radius 2 is 1.23 bits per heavy atom. The second-order valence-electron chi connectivity index (χ2n) is 13.8. The molecule has 1 heterocycles. The van der Waals surface area contributed by atoms with Crippen LogP contribution in [-0.4, -0.2) is 97.5 Å². The highest BCUT2D eigenvalue weighted by Crippen LogP contribution is 2.26. The molecule has 1 aliphatic rings. The molecule has 0 aromatic heterocycles. The normalized spacial score (nSPS) is 21.6. The van der Waals surface area contributed by atoms with Crippen LogP contribution in [0, 0.1) is 0 Å². The molecular formula is C43H72O12S. The van der Waals surface area contributed by atoms with E-state index >= 15 is 0 Å². The van der Waals surface area contributed by atoms with Gasteiger partial charge in [-0.05, 0) is 70.6 Å². The molecule has 0 aromatic rings. The molecule has 0 radical (unpaired) electrons. The van der Waals surface area contributed by atoms with Crippen LogP contribution in [0.25, 0.3) is 0 Å². The maximum Gasteiger partial charge on any atom is 0.397 e. The fourth-order valence-corrected chi connectivity index (χ4v) is 6.24. The minimum absolute atomic E-state index is 0.0254. The van der Waals surface area contributed by atoms with Gasteiger partial charge in [-0.1, -0.05) is 125 Å². The lowest BCUT2D eigenvalue weighted by Gasteiger charge is -2.41. The number of hydrogen-bond donors (Lipinski definition) is 4. The second kappa shape index (κ2) is 34.6. The molecule has 56 heavy (non-hydrogen) atoms. The zero-order valence-corrected chi connectivity index (χ0v) is 34.7. The van der Waals surface area contributed by atoms with Crippen molar-refractivity contribution in [1.29, 1.82) is 0 Å². The van der Waals surface area contributed by atoms with Gasteiger partial charge >= 0.3 is 16.4 Å².